The normalized spacial score (nSPS) is 21.2. The predicted molar refractivity (Wildman–Crippen MR) is 207 cm³/mol. The topological polar surface area (TPSA) is 78.4 Å². The second-order valence-electron chi connectivity index (χ2n) is 13.8. The van der Waals surface area contributed by atoms with Gasteiger partial charge in [-0.2, -0.15) is 0 Å². The lowest BCUT2D eigenvalue weighted by Crippen LogP contribution is -2.35. The van der Waals surface area contributed by atoms with Crippen molar-refractivity contribution in [2.45, 2.75) is 49.8 Å². The van der Waals surface area contributed by atoms with Gasteiger partial charge in [0.1, 0.15) is 0 Å². The van der Waals surface area contributed by atoms with Crippen molar-refractivity contribution in [2.24, 2.45) is 5.92 Å². The standard InChI is InChI=1S/C24H23NO.C23H21NO2/c1-17-22(16-18-10-4-2-5-11-18)20-14-8-9-15-21(20)23(17)25-24(26)19-12-6-3-7-13-19;25-22-20(15-16-9-3-1-4-10-16)18-13-7-8-14-19(18)21(22)24-23(26)17-11-5-2-6-12-17/h2-15,17,22-23H,16H2,1H3,(H,25,26);1-14,20-22,25H,15H2,(H,24,26)/t17?,22-,23+;20-,21-,22?/m10/s1. The molecule has 2 amide bonds. The first-order valence-corrected chi connectivity index (χ1v) is 18.1. The van der Waals surface area contributed by atoms with Gasteiger partial charge in [0.2, 0.25) is 0 Å². The van der Waals surface area contributed by atoms with Crippen LogP contribution in [0.2, 0.25) is 0 Å². The minimum absolute atomic E-state index is 0.00221. The van der Waals surface area contributed by atoms with Gasteiger partial charge < -0.3 is 15.7 Å². The highest BCUT2D eigenvalue weighted by molar-refractivity contribution is 5.95. The molecule has 6 atom stereocenters. The van der Waals surface area contributed by atoms with Crippen molar-refractivity contribution >= 4 is 11.8 Å². The number of hydrogen-bond acceptors (Lipinski definition) is 3. The number of amides is 2. The summed E-state index contributed by atoms with van der Waals surface area (Å²) < 4.78 is 0. The fraction of sp³-hybridized carbons (Fsp3) is 0.191. The molecule has 260 valence electrons. The van der Waals surface area contributed by atoms with Gasteiger partial charge >= 0.3 is 0 Å². The van der Waals surface area contributed by atoms with Gasteiger partial charge in [0.05, 0.1) is 18.2 Å². The van der Waals surface area contributed by atoms with Crippen molar-refractivity contribution in [1.29, 1.82) is 0 Å². The first-order chi connectivity index (χ1) is 25.5. The van der Waals surface area contributed by atoms with Gasteiger partial charge in [0.15, 0.2) is 0 Å². The van der Waals surface area contributed by atoms with Crippen molar-refractivity contribution in [2.75, 3.05) is 0 Å². The second-order valence-corrected chi connectivity index (χ2v) is 13.8. The van der Waals surface area contributed by atoms with Crippen LogP contribution < -0.4 is 10.6 Å². The highest BCUT2D eigenvalue weighted by Crippen LogP contribution is 2.46. The molecule has 3 N–H and O–H groups in total. The minimum atomic E-state index is -0.653. The second kappa shape index (κ2) is 16.1. The molecule has 8 rings (SSSR count). The average molecular weight is 685 g/mol. The molecule has 5 heteroatoms. The maximum absolute atomic E-state index is 12.7. The van der Waals surface area contributed by atoms with Crippen molar-refractivity contribution in [3.63, 3.8) is 0 Å². The molecule has 0 aromatic heterocycles. The molecule has 52 heavy (non-hydrogen) atoms. The summed E-state index contributed by atoms with van der Waals surface area (Å²) in [5.41, 5.74) is 8.57. The molecule has 5 nitrogen and oxygen atoms in total. The number of carbonyl (C=O) groups excluding carboxylic acids is 2. The summed E-state index contributed by atoms with van der Waals surface area (Å²) in [5.74, 6) is 0.562. The Kier molecular flexibility index (Phi) is 10.7. The van der Waals surface area contributed by atoms with Crippen LogP contribution in [0, 0.1) is 5.92 Å². The van der Waals surface area contributed by atoms with Crippen LogP contribution in [-0.2, 0) is 12.8 Å². The maximum Gasteiger partial charge on any atom is 0.251 e. The highest BCUT2D eigenvalue weighted by Gasteiger charge is 2.40. The molecule has 0 aliphatic heterocycles. The van der Waals surface area contributed by atoms with E-state index in [9.17, 15) is 14.7 Å². The Morgan fingerprint density at radius 1 is 0.462 bits per heavy atom. The van der Waals surface area contributed by atoms with E-state index in [0.717, 1.165) is 24.0 Å². The van der Waals surface area contributed by atoms with E-state index in [2.05, 4.69) is 90.4 Å². The van der Waals surface area contributed by atoms with Crippen LogP contribution in [0.3, 0.4) is 0 Å². The SMILES string of the molecule is CC1[C@H](NC(=O)c2ccccc2)c2ccccc2[C@@H]1Cc1ccccc1.O=C(N[C@H]1c2ccccc2[C@H](Cc2ccccc2)C1O)c1ccccc1. The summed E-state index contributed by atoms with van der Waals surface area (Å²) in [4.78, 5) is 25.3. The summed E-state index contributed by atoms with van der Waals surface area (Å²) in [6.45, 7) is 2.25. The number of aliphatic hydroxyl groups is 1. The van der Waals surface area contributed by atoms with Gasteiger partial charge in [-0.15, -0.1) is 0 Å². The van der Waals surface area contributed by atoms with Gasteiger partial charge in [-0.1, -0.05) is 153 Å². The first kappa shape index (κ1) is 34.7. The molecule has 0 spiro atoms. The van der Waals surface area contributed by atoms with E-state index in [0.29, 0.717) is 23.0 Å². The van der Waals surface area contributed by atoms with Crippen molar-refractivity contribution < 1.29 is 14.7 Å². The van der Waals surface area contributed by atoms with Crippen LogP contribution in [0.25, 0.3) is 0 Å². The monoisotopic (exact) mass is 684 g/mol. The summed E-state index contributed by atoms with van der Waals surface area (Å²) in [7, 11) is 0. The molecule has 0 saturated heterocycles. The third-order valence-corrected chi connectivity index (χ3v) is 10.6. The number of nitrogens with one attached hydrogen (secondary N) is 2. The number of rotatable bonds is 8. The molecule has 0 radical (unpaired) electrons. The van der Waals surface area contributed by atoms with E-state index in [-0.39, 0.29) is 23.8 Å². The Balaban J connectivity index is 0.000000162. The largest absolute Gasteiger partial charge is 0.390 e. The van der Waals surface area contributed by atoms with Gasteiger partial charge in [0, 0.05) is 17.0 Å². The van der Waals surface area contributed by atoms with Crippen molar-refractivity contribution in [3.05, 3.63) is 214 Å². The smallest absolute Gasteiger partial charge is 0.251 e. The molecule has 0 fully saturated rings. The summed E-state index contributed by atoms with van der Waals surface area (Å²) in [5, 5.41) is 17.3. The molecule has 2 unspecified atom stereocenters. The van der Waals surface area contributed by atoms with Gasteiger partial charge in [-0.05, 0) is 82.3 Å². The highest BCUT2D eigenvalue weighted by atomic mass is 16.3. The van der Waals surface area contributed by atoms with Crippen LogP contribution in [0.4, 0.5) is 0 Å². The Morgan fingerprint density at radius 2 is 0.808 bits per heavy atom. The van der Waals surface area contributed by atoms with Gasteiger partial charge in [-0.25, -0.2) is 0 Å². The van der Waals surface area contributed by atoms with E-state index >= 15 is 0 Å². The lowest BCUT2D eigenvalue weighted by atomic mass is 9.87. The molecule has 0 heterocycles. The molecule has 2 aliphatic rings. The van der Waals surface area contributed by atoms with E-state index in [1.165, 1.54) is 22.3 Å². The lowest BCUT2D eigenvalue weighted by Gasteiger charge is -2.23. The molecular weight excluding hydrogens is 641 g/mol. The Morgan fingerprint density at radius 3 is 1.29 bits per heavy atom. The fourth-order valence-corrected chi connectivity index (χ4v) is 7.93. The third kappa shape index (κ3) is 7.60. The Labute approximate surface area is 306 Å². The number of carbonyl (C=O) groups is 2. The van der Waals surface area contributed by atoms with Gasteiger partial charge in [0.25, 0.3) is 11.8 Å². The zero-order chi connectivity index (χ0) is 35.9. The predicted octanol–water partition coefficient (Wildman–Crippen LogP) is 8.99. The van der Waals surface area contributed by atoms with Gasteiger partial charge in [-0.3, -0.25) is 9.59 Å². The number of fused-ring (bicyclic) bond motifs is 2. The zero-order valence-electron chi connectivity index (χ0n) is 29.3. The van der Waals surface area contributed by atoms with Crippen LogP contribution >= 0.6 is 0 Å². The maximum atomic E-state index is 12.7. The summed E-state index contributed by atoms with van der Waals surface area (Å²) in [6, 6.07) is 55.6. The molecular formula is C47H44N2O3. The van der Waals surface area contributed by atoms with E-state index < -0.39 is 12.1 Å². The average Bonchev–Trinajstić information content (AvgIpc) is 3.61. The molecule has 6 aromatic carbocycles. The minimum Gasteiger partial charge on any atom is -0.390 e. The van der Waals surface area contributed by atoms with Crippen molar-refractivity contribution in [3.8, 4) is 0 Å². The van der Waals surface area contributed by atoms with E-state index in [1.54, 1.807) is 12.1 Å². The fourth-order valence-electron chi connectivity index (χ4n) is 7.93. The van der Waals surface area contributed by atoms with E-state index in [1.807, 2.05) is 84.9 Å². The van der Waals surface area contributed by atoms with Crippen LogP contribution in [0.1, 0.15) is 84.9 Å². The molecule has 0 saturated carbocycles. The Bertz CT molecular complexity index is 1930. The Hall–Kier alpha value is -5.78. The number of benzene rings is 6. The van der Waals surface area contributed by atoms with Crippen LogP contribution in [0.15, 0.2) is 170 Å². The third-order valence-electron chi connectivity index (χ3n) is 10.6. The molecule has 2 aliphatic carbocycles. The van der Waals surface area contributed by atoms with Crippen molar-refractivity contribution in [1.82, 2.24) is 10.6 Å². The zero-order valence-corrected chi connectivity index (χ0v) is 29.3. The molecule has 6 aromatic rings. The first-order valence-electron chi connectivity index (χ1n) is 18.1. The van der Waals surface area contributed by atoms with Crippen LogP contribution in [0.5, 0.6) is 0 Å². The molecule has 0 bridgehead atoms. The lowest BCUT2D eigenvalue weighted by molar-refractivity contribution is 0.0813. The summed E-state index contributed by atoms with van der Waals surface area (Å²) in [6.07, 6.45) is 1.09. The quantitative estimate of drug-likeness (QED) is 0.150. The number of hydrogen-bond donors (Lipinski definition) is 3. The summed E-state index contributed by atoms with van der Waals surface area (Å²) >= 11 is 0. The van der Waals surface area contributed by atoms with Crippen LogP contribution in [-0.4, -0.2) is 23.0 Å². The van der Waals surface area contributed by atoms with E-state index in [4.69, 9.17) is 0 Å². The number of aliphatic hydroxyl groups excluding tert-OH is 1.